The second kappa shape index (κ2) is 4.29. The smallest absolute Gasteiger partial charge is 0.153 e. The number of carbonyl (C=O) groups excluding carboxylic acids is 1. The molecule has 0 atom stereocenters. The molecular weight excluding hydrogens is 291 g/mol. The zero-order valence-electron chi connectivity index (χ0n) is 7.70. The first-order valence-electron chi connectivity index (χ1n) is 4.67. The second-order valence-corrected chi connectivity index (χ2v) is 4.69. The normalized spacial score (nSPS) is 15.2. The fourth-order valence-corrected chi connectivity index (χ4v) is 1.93. The molecule has 1 saturated carbocycles. The molecule has 74 valence electrons. The molecule has 0 radical (unpaired) electrons. The van der Waals surface area contributed by atoms with Crippen LogP contribution in [-0.2, 0) is 0 Å². The molecule has 0 N–H and O–H groups in total. The first kappa shape index (κ1) is 9.96. The monoisotopic (exact) mass is 302 g/mol. The van der Waals surface area contributed by atoms with Crippen molar-refractivity contribution in [1.82, 2.24) is 0 Å². The maximum atomic E-state index is 10.8. The van der Waals surface area contributed by atoms with Gasteiger partial charge in [0.05, 0.1) is 15.7 Å². The molecule has 14 heavy (non-hydrogen) atoms. The lowest BCUT2D eigenvalue weighted by Gasteiger charge is -2.09. The summed E-state index contributed by atoms with van der Waals surface area (Å²) >= 11 is 2.19. The molecule has 2 rings (SSSR count). The van der Waals surface area contributed by atoms with E-state index in [-0.39, 0.29) is 0 Å². The van der Waals surface area contributed by atoms with Crippen molar-refractivity contribution in [2.24, 2.45) is 5.92 Å². The molecule has 1 aromatic carbocycles. The van der Waals surface area contributed by atoms with Crippen LogP contribution >= 0.6 is 22.6 Å². The number of rotatable bonds is 4. The van der Waals surface area contributed by atoms with Crippen LogP contribution in [0.3, 0.4) is 0 Å². The van der Waals surface area contributed by atoms with Crippen molar-refractivity contribution in [3.63, 3.8) is 0 Å². The molecule has 0 spiro atoms. The fraction of sp³-hybridized carbons (Fsp3) is 0.364. The van der Waals surface area contributed by atoms with Gasteiger partial charge in [-0.05, 0) is 53.5 Å². The summed E-state index contributed by atoms with van der Waals surface area (Å²) in [4.78, 5) is 10.8. The number of halogens is 1. The van der Waals surface area contributed by atoms with E-state index in [1.54, 1.807) is 6.07 Å². The van der Waals surface area contributed by atoms with Gasteiger partial charge in [-0.15, -0.1) is 0 Å². The molecule has 1 aliphatic carbocycles. The SMILES string of the molecule is O=Cc1cccc(I)c1OCC1CC1. The number of carbonyl (C=O) groups is 1. The standard InChI is InChI=1S/C11H11IO2/c12-10-3-1-2-9(6-13)11(10)14-7-8-4-5-8/h1-3,6,8H,4-5,7H2. The van der Waals surface area contributed by atoms with Gasteiger partial charge in [-0.1, -0.05) is 6.07 Å². The minimum atomic E-state index is 0.651. The summed E-state index contributed by atoms with van der Waals surface area (Å²) in [6.45, 7) is 0.751. The number of para-hydroxylation sites is 1. The highest BCUT2D eigenvalue weighted by molar-refractivity contribution is 14.1. The minimum absolute atomic E-state index is 0.651. The van der Waals surface area contributed by atoms with E-state index in [1.165, 1.54) is 12.8 Å². The molecule has 0 heterocycles. The molecule has 0 aromatic heterocycles. The van der Waals surface area contributed by atoms with Crippen LogP contribution in [0.4, 0.5) is 0 Å². The third-order valence-corrected chi connectivity index (χ3v) is 3.13. The number of benzene rings is 1. The van der Waals surface area contributed by atoms with Gasteiger partial charge in [0.15, 0.2) is 6.29 Å². The van der Waals surface area contributed by atoms with Gasteiger partial charge >= 0.3 is 0 Å². The summed E-state index contributed by atoms with van der Waals surface area (Å²) in [6.07, 6.45) is 3.38. The zero-order valence-corrected chi connectivity index (χ0v) is 9.86. The summed E-state index contributed by atoms with van der Waals surface area (Å²) in [5.74, 6) is 1.46. The van der Waals surface area contributed by atoms with Crippen molar-refractivity contribution < 1.29 is 9.53 Å². The first-order chi connectivity index (χ1) is 6.81. The molecular formula is C11H11IO2. The lowest BCUT2D eigenvalue weighted by atomic mass is 10.2. The lowest BCUT2D eigenvalue weighted by molar-refractivity contribution is 0.111. The summed E-state index contributed by atoms with van der Waals surface area (Å²) < 4.78 is 6.65. The van der Waals surface area contributed by atoms with E-state index in [1.807, 2.05) is 12.1 Å². The Kier molecular flexibility index (Phi) is 3.05. The highest BCUT2D eigenvalue weighted by atomic mass is 127. The van der Waals surface area contributed by atoms with Gasteiger partial charge in [0.2, 0.25) is 0 Å². The average molecular weight is 302 g/mol. The van der Waals surface area contributed by atoms with E-state index in [4.69, 9.17) is 4.74 Å². The lowest BCUT2D eigenvalue weighted by Crippen LogP contribution is -2.03. The highest BCUT2D eigenvalue weighted by Crippen LogP contribution is 2.31. The fourth-order valence-electron chi connectivity index (χ4n) is 1.26. The van der Waals surface area contributed by atoms with Gasteiger partial charge in [-0.2, -0.15) is 0 Å². The van der Waals surface area contributed by atoms with E-state index >= 15 is 0 Å². The van der Waals surface area contributed by atoms with Gasteiger partial charge in [-0.3, -0.25) is 4.79 Å². The van der Waals surface area contributed by atoms with Crippen LogP contribution in [0.25, 0.3) is 0 Å². The van der Waals surface area contributed by atoms with Gasteiger partial charge < -0.3 is 4.74 Å². The first-order valence-corrected chi connectivity index (χ1v) is 5.75. The molecule has 0 bridgehead atoms. The molecule has 0 aliphatic heterocycles. The van der Waals surface area contributed by atoms with Crippen LogP contribution < -0.4 is 4.74 Å². The second-order valence-electron chi connectivity index (χ2n) is 3.53. The van der Waals surface area contributed by atoms with E-state index in [9.17, 15) is 4.79 Å². The largest absolute Gasteiger partial charge is 0.491 e. The van der Waals surface area contributed by atoms with Crippen LogP contribution in [0.5, 0.6) is 5.75 Å². The van der Waals surface area contributed by atoms with Crippen molar-refractivity contribution >= 4 is 28.9 Å². The molecule has 2 nitrogen and oxygen atoms in total. The van der Waals surface area contributed by atoms with Gasteiger partial charge in [0, 0.05) is 0 Å². The molecule has 3 heteroatoms. The van der Waals surface area contributed by atoms with Crippen LogP contribution in [0.1, 0.15) is 23.2 Å². The van der Waals surface area contributed by atoms with Crippen LogP contribution in [0.15, 0.2) is 18.2 Å². The predicted molar refractivity (Wildman–Crippen MR) is 62.8 cm³/mol. The maximum Gasteiger partial charge on any atom is 0.153 e. The van der Waals surface area contributed by atoms with Gasteiger partial charge in [0.25, 0.3) is 0 Å². The van der Waals surface area contributed by atoms with Gasteiger partial charge in [0.1, 0.15) is 5.75 Å². The molecule has 1 aromatic rings. The Hall–Kier alpha value is -0.580. The minimum Gasteiger partial charge on any atom is -0.491 e. The van der Waals surface area contributed by atoms with E-state index < -0.39 is 0 Å². The molecule has 1 aliphatic rings. The Bertz CT molecular complexity index is 345. The van der Waals surface area contributed by atoms with E-state index in [0.29, 0.717) is 11.5 Å². The Balaban J connectivity index is 2.15. The topological polar surface area (TPSA) is 26.3 Å². The Morgan fingerprint density at radius 2 is 2.29 bits per heavy atom. The number of hydrogen-bond acceptors (Lipinski definition) is 2. The van der Waals surface area contributed by atoms with Gasteiger partial charge in [-0.25, -0.2) is 0 Å². The summed E-state index contributed by atoms with van der Waals surface area (Å²) in [5.41, 5.74) is 0.651. The highest BCUT2D eigenvalue weighted by Gasteiger charge is 2.22. The van der Waals surface area contributed by atoms with Crippen molar-refractivity contribution in [3.8, 4) is 5.75 Å². The van der Waals surface area contributed by atoms with Crippen LogP contribution in [0, 0.1) is 9.49 Å². The van der Waals surface area contributed by atoms with Crippen molar-refractivity contribution in [2.45, 2.75) is 12.8 Å². The zero-order chi connectivity index (χ0) is 9.97. The third-order valence-electron chi connectivity index (χ3n) is 2.28. The summed E-state index contributed by atoms with van der Waals surface area (Å²) in [7, 11) is 0. The Morgan fingerprint density at radius 1 is 1.50 bits per heavy atom. The summed E-state index contributed by atoms with van der Waals surface area (Å²) in [6, 6.07) is 5.61. The van der Waals surface area contributed by atoms with Crippen molar-refractivity contribution in [1.29, 1.82) is 0 Å². The quantitative estimate of drug-likeness (QED) is 0.631. The third kappa shape index (κ3) is 2.26. The van der Waals surface area contributed by atoms with Crippen LogP contribution in [-0.4, -0.2) is 12.9 Å². The molecule has 0 saturated heterocycles. The molecule has 0 unspecified atom stereocenters. The Labute approximate surface area is 96.8 Å². The van der Waals surface area contributed by atoms with Crippen molar-refractivity contribution in [2.75, 3.05) is 6.61 Å². The van der Waals surface area contributed by atoms with Crippen LogP contribution in [0.2, 0.25) is 0 Å². The number of hydrogen-bond donors (Lipinski definition) is 0. The average Bonchev–Trinajstić information content (AvgIpc) is 2.99. The maximum absolute atomic E-state index is 10.8. The predicted octanol–water partition coefficient (Wildman–Crippen LogP) is 2.89. The number of ether oxygens (including phenoxy) is 1. The van der Waals surface area contributed by atoms with Crippen molar-refractivity contribution in [3.05, 3.63) is 27.3 Å². The number of aldehydes is 1. The van der Waals surface area contributed by atoms with E-state index in [0.717, 1.165) is 22.2 Å². The summed E-state index contributed by atoms with van der Waals surface area (Å²) in [5, 5.41) is 0. The molecule has 0 amide bonds. The van der Waals surface area contributed by atoms with E-state index in [2.05, 4.69) is 22.6 Å². The Morgan fingerprint density at radius 3 is 2.93 bits per heavy atom. The molecule has 1 fully saturated rings.